The van der Waals surface area contributed by atoms with E-state index in [-0.39, 0.29) is 41.4 Å². The summed E-state index contributed by atoms with van der Waals surface area (Å²) < 4.78 is 32.3. The van der Waals surface area contributed by atoms with Crippen LogP contribution in [0, 0.1) is 5.92 Å². The first kappa shape index (κ1) is 49.5. The van der Waals surface area contributed by atoms with Crippen LogP contribution in [-0.2, 0) is 39.1 Å². The zero-order valence-corrected chi connectivity index (χ0v) is 40.4. The summed E-state index contributed by atoms with van der Waals surface area (Å²) in [6, 6.07) is 8.80. The number of allylic oxidation sites excluding steroid dienone is 1. The Morgan fingerprint density at radius 1 is 0.942 bits per heavy atom. The number of aliphatic imine (C=N–C) groups is 1. The lowest BCUT2D eigenvalue weighted by Crippen LogP contribution is -2.53. The summed E-state index contributed by atoms with van der Waals surface area (Å²) in [4.78, 5) is 75.8. The average molecular weight is 954 g/mol. The van der Waals surface area contributed by atoms with E-state index >= 15 is 0 Å². The number of anilines is 1. The van der Waals surface area contributed by atoms with Gasteiger partial charge in [0, 0.05) is 120 Å². The number of aromatic nitrogens is 2. The molecule has 0 bridgehead atoms. The number of carbonyl (C=O) groups is 4. The number of benzene rings is 2. The van der Waals surface area contributed by atoms with Crippen molar-refractivity contribution in [3.63, 3.8) is 0 Å². The molecule has 69 heavy (non-hydrogen) atoms. The van der Waals surface area contributed by atoms with Crippen molar-refractivity contribution in [3.05, 3.63) is 80.5 Å². The highest BCUT2D eigenvalue weighted by atomic mass is 19.3. The fourth-order valence-corrected chi connectivity index (χ4v) is 11.2. The van der Waals surface area contributed by atoms with Gasteiger partial charge in [-0.1, -0.05) is 6.07 Å². The Kier molecular flexibility index (Phi) is 15.7. The fraction of sp³-hybridized carbons (Fsp3) is 0.569. The third-order valence-corrected chi connectivity index (χ3v) is 15.2. The number of piperidine rings is 3. The largest absolute Gasteiger partial charge is 0.404 e. The molecule has 5 aliphatic heterocycles. The van der Waals surface area contributed by atoms with Gasteiger partial charge in [-0.25, -0.2) is 13.6 Å². The predicted octanol–water partition coefficient (Wildman–Crippen LogP) is 4.50. The minimum atomic E-state index is -2.74. The zero-order chi connectivity index (χ0) is 48.9. The molecule has 372 valence electrons. The SMILES string of the molecule is CN=CC(=CN)c1cc2c(cc1C(F)F)N(C(N)C1=C(NC3CCN(C(=O)CCCN4CCC(CCc5ccc6c(c5)n(C)c(=O)n6C5CCC(=O)NC5=O)CC4)CC3)CCN(C(C)=O)C1)CCC2. The maximum absolute atomic E-state index is 14.6. The topological polar surface area (TPSA) is 197 Å². The van der Waals surface area contributed by atoms with E-state index in [1.165, 1.54) is 17.0 Å². The van der Waals surface area contributed by atoms with Crippen molar-refractivity contribution in [3.8, 4) is 0 Å². The number of rotatable bonds is 15. The van der Waals surface area contributed by atoms with Gasteiger partial charge in [-0.05, 0) is 131 Å². The summed E-state index contributed by atoms with van der Waals surface area (Å²) in [5, 5.41) is 6.15. The van der Waals surface area contributed by atoms with Crippen LogP contribution in [0.2, 0.25) is 0 Å². The van der Waals surface area contributed by atoms with Crippen molar-refractivity contribution < 1.29 is 28.0 Å². The molecule has 2 unspecified atom stereocenters. The molecule has 5 aliphatic rings. The molecule has 0 aliphatic carbocycles. The highest BCUT2D eigenvalue weighted by molar-refractivity contribution is 6.10. The van der Waals surface area contributed by atoms with Crippen LogP contribution in [0.25, 0.3) is 16.6 Å². The molecule has 6 heterocycles. The normalized spacial score (nSPS) is 20.9. The molecule has 6 N–H and O–H groups in total. The Hall–Kier alpha value is -5.88. The number of hydrogen-bond donors (Lipinski definition) is 4. The Morgan fingerprint density at radius 2 is 1.71 bits per heavy atom. The second-order valence-corrected chi connectivity index (χ2v) is 19.5. The third kappa shape index (κ3) is 11.0. The van der Waals surface area contributed by atoms with Crippen LogP contribution in [-0.4, -0.2) is 125 Å². The number of amides is 4. The summed E-state index contributed by atoms with van der Waals surface area (Å²) in [7, 11) is 3.30. The predicted molar refractivity (Wildman–Crippen MR) is 264 cm³/mol. The summed E-state index contributed by atoms with van der Waals surface area (Å²) in [5.74, 6) is 0.00334. The summed E-state index contributed by atoms with van der Waals surface area (Å²) in [6.45, 7) is 7.27. The van der Waals surface area contributed by atoms with Gasteiger partial charge in [0.1, 0.15) is 12.2 Å². The van der Waals surface area contributed by atoms with E-state index < -0.39 is 24.5 Å². The van der Waals surface area contributed by atoms with Gasteiger partial charge in [0.05, 0.1) is 11.0 Å². The second-order valence-electron chi connectivity index (χ2n) is 19.5. The number of carbonyl (C=O) groups excluding carboxylic acids is 4. The number of nitrogens with zero attached hydrogens (tertiary/aromatic N) is 7. The van der Waals surface area contributed by atoms with Gasteiger partial charge >= 0.3 is 5.69 Å². The Labute approximate surface area is 402 Å². The quantitative estimate of drug-likeness (QED) is 0.124. The van der Waals surface area contributed by atoms with Crippen LogP contribution in [0.1, 0.15) is 112 Å². The van der Waals surface area contributed by atoms with Crippen molar-refractivity contribution in [2.45, 2.75) is 115 Å². The third-order valence-electron chi connectivity index (χ3n) is 15.2. The number of imide groups is 1. The van der Waals surface area contributed by atoms with Crippen LogP contribution in [0.15, 0.2) is 57.6 Å². The molecular weight excluding hydrogens is 885 g/mol. The number of imidazole rings is 1. The molecule has 0 spiro atoms. The zero-order valence-electron chi connectivity index (χ0n) is 40.4. The smallest absolute Gasteiger partial charge is 0.329 e. The van der Waals surface area contributed by atoms with E-state index in [0.717, 1.165) is 98.9 Å². The first-order valence-electron chi connectivity index (χ1n) is 24.8. The molecule has 16 nitrogen and oxygen atoms in total. The van der Waals surface area contributed by atoms with E-state index in [1.807, 2.05) is 21.9 Å². The monoisotopic (exact) mass is 954 g/mol. The number of nitrogens with one attached hydrogen (secondary N) is 2. The number of likely N-dealkylation sites (tertiary alicyclic amines) is 2. The Bertz CT molecular complexity index is 2570. The van der Waals surface area contributed by atoms with Crippen molar-refractivity contribution in [1.82, 2.24) is 34.5 Å². The molecule has 2 aromatic carbocycles. The van der Waals surface area contributed by atoms with Crippen LogP contribution >= 0.6 is 0 Å². The molecule has 1 aromatic heterocycles. The lowest BCUT2D eigenvalue weighted by atomic mass is 9.90. The molecule has 0 saturated carbocycles. The van der Waals surface area contributed by atoms with E-state index in [2.05, 4.69) is 26.6 Å². The number of nitrogens with two attached hydrogens (primary N) is 2. The molecule has 4 amide bonds. The first-order valence-corrected chi connectivity index (χ1v) is 24.8. The van der Waals surface area contributed by atoms with Gasteiger partial charge < -0.3 is 36.4 Å². The molecular formula is C51H69F2N11O5. The molecule has 3 fully saturated rings. The fourth-order valence-electron chi connectivity index (χ4n) is 11.2. The van der Waals surface area contributed by atoms with Crippen molar-refractivity contribution in [2.75, 3.05) is 64.3 Å². The number of hydrogen-bond acceptors (Lipinski definition) is 11. The van der Waals surface area contributed by atoms with Gasteiger partial charge in [0.2, 0.25) is 23.6 Å². The lowest BCUT2D eigenvalue weighted by Gasteiger charge is -2.42. The highest BCUT2D eigenvalue weighted by Gasteiger charge is 2.35. The van der Waals surface area contributed by atoms with Crippen molar-refractivity contribution in [1.29, 1.82) is 0 Å². The summed E-state index contributed by atoms with van der Waals surface area (Å²) in [5.41, 5.74) is 19.5. The minimum Gasteiger partial charge on any atom is -0.404 e. The molecule has 2 atom stereocenters. The molecule has 8 rings (SSSR count). The molecule has 3 saturated heterocycles. The molecule has 3 aromatic rings. The maximum atomic E-state index is 14.6. The van der Waals surface area contributed by atoms with Gasteiger partial charge in [0.25, 0.3) is 6.43 Å². The van der Waals surface area contributed by atoms with E-state index in [9.17, 15) is 32.8 Å². The first-order chi connectivity index (χ1) is 33.2. The van der Waals surface area contributed by atoms with Gasteiger partial charge in [-0.2, -0.15) is 0 Å². The van der Waals surface area contributed by atoms with Gasteiger partial charge in [-0.15, -0.1) is 0 Å². The average Bonchev–Trinajstić information content (AvgIpc) is 3.59. The van der Waals surface area contributed by atoms with Crippen LogP contribution in [0.4, 0.5) is 14.5 Å². The molecule has 18 heteroatoms. The minimum absolute atomic E-state index is 0.0432. The summed E-state index contributed by atoms with van der Waals surface area (Å²) in [6.07, 6.45) is 9.08. The number of alkyl halides is 2. The second kappa shape index (κ2) is 21.8. The summed E-state index contributed by atoms with van der Waals surface area (Å²) >= 11 is 0. The number of fused-ring (bicyclic) bond motifs is 2. The lowest BCUT2D eigenvalue weighted by molar-refractivity contribution is -0.136. The molecule has 0 radical (unpaired) electrons. The Balaban J connectivity index is 0.802. The number of aryl methyl sites for hydroxylation is 3. The standard InChI is InChI=1S/C51H69F2N11O5/c1-32(65)62-25-18-41(40(31-62)49(55)63-20-4-6-35-27-38(36(29-54)30-56-2)39(48(52)53)28-44(35)63)57-37-16-23-61(24-17-37)47(67)7-5-19-60-21-14-33(15-22-60)8-9-34-10-11-42-45(26-34)59(3)51(69)64(42)43-12-13-46(66)58-50(43)68/h10-11,26-30,33,37,43,48-49,57H,4-9,12-25,31,54-55H2,1-3H3,(H,58,66,68). The van der Waals surface area contributed by atoms with Crippen molar-refractivity contribution >= 4 is 52.1 Å². The van der Waals surface area contributed by atoms with Crippen LogP contribution in [0.5, 0.6) is 0 Å². The highest BCUT2D eigenvalue weighted by Crippen LogP contribution is 2.39. The van der Waals surface area contributed by atoms with Gasteiger partial charge in [0.15, 0.2) is 0 Å². The number of halogens is 2. The van der Waals surface area contributed by atoms with Gasteiger partial charge in [-0.3, -0.25) is 38.6 Å². The van der Waals surface area contributed by atoms with E-state index in [0.29, 0.717) is 86.7 Å². The Morgan fingerprint density at radius 3 is 2.41 bits per heavy atom. The van der Waals surface area contributed by atoms with Crippen molar-refractivity contribution in [2.24, 2.45) is 29.4 Å². The van der Waals surface area contributed by atoms with E-state index in [1.54, 1.807) is 42.6 Å². The van der Waals surface area contributed by atoms with Crippen LogP contribution < -0.4 is 32.7 Å². The maximum Gasteiger partial charge on any atom is 0.329 e. The van der Waals surface area contributed by atoms with Crippen LogP contribution in [0.3, 0.4) is 0 Å². The van der Waals surface area contributed by atoms with E-state index in [4.69, 9.17) is 11.5 Å².